The van der Waals surface area contributed by atoms with Gasteiger partial charge in [-0.15, -0.1) is 0 Å². The molecule has 5 N–H and O–H groups in total. The van der Waals surface area contributed by atoms with Crippen molar-refractivity contribution in [3.63, 3.8) is 0 Å². The first kappa shape index (κ1) is 21.1. The Morgan fingerprint density at radius 3 is 2.38 bits per heavy atom. The predicted molar refractivity (Wildman–Crippen MR) is 111 cm³/mol. The Balaban J connectivity index is 1.52. The lowest BCUT2D eigenvalue weighted by molar-refractivity contribution is -1.01. The van der Waals surface area contributed by atoms with E-state index in [1.165, 1.54) is 4.90 Å². The van der Waals surface area contributed by atoms with E-state index < -0.39 is 0 Å². The van der Waals surface area contributed by atoms with E-state index in [2.05, 4.69) is 16.4 Å². The van der Waals surface area contributed by atoms with Gasteiger partial charge in [0.05, 0.1) is 26.8 Å². The van der Waals surface area contributed by atoms with Crippen molar-refractivity contribution in [2.75, 3.05) is 64.8 Å². The lowest BCUT2D eigenvalue weighted by Gasteiger charge is -2.29. The number of nitrogens with zero attached hydrogens (tertiary/aromatic N) is 1. The summed E-state index contributed by atoms with van der Waals surface area (Å²) in [6.45, 7) is 7.70. The number of benzene rings is 1. The first-order chi connectivity index (χ1) is 14.2. The van der Waals surface area contributed by atoms with Crippen molar-refractivity contribution in [1.82, 2.24) is 0 Å². The van der Waals surface area contributed by atoms with Crippen LogP contribution in [0.2, 0.25) is 0 Å². The molecule has 7 heteroatoms. The van der Waals surface area contributed by atoms with Gasteiger partial charge in [0.1, 0.15) is 55.8 Å². The molecule has 1 aliphatic rings. The number of ether oxygens (including phenoxy) is 1. The molecule has 0 aliphatic carbocycles. The summed E-state index contributed by atoms with van der Waals surface area (Å²) in [7, 11) is 1.66. The molecule has 0 unspecified atom stereocenters. The van der Waals surface area contributed by atoms with Crippen LogP contribution in [0.1, 0.15) is 12.0 Å². The van der Waals surface area contributed by atoms with E-state index in [0.29, 0.717) is 5.56 Å². The number of H-pyrrole nitrogens is 1. The Bertz CT molecular complexity index is 811. The molecule has 1 aromatic carbocycles. The van der Waals surface area contributed by atoms with Crippen molar-refractivity contribution in [1.29, 1.82) is 5.26 Å². The Labute approximate surface area is 172 Å². The third-order valence-corrected chi connectivity index (χ3v) is 5.61. The fraction of sp³-hybridized carbons (Fsp3) is 0.455. The fourth-order valence-electron chi connectivity index (χ4n) is 3.83. The summed E-state index contributed by atoms with van der Waals surface area (Å²) in [5.74, 6) is 1.59. The average Bonchev–Trinajstić information content (AvgIpc) is 2.78. The van der Waals surface area contributed by atoms with Gasteiger partial charge in [-0.3, -0.25) is 5.32 Å². The molecule has 0 radical (unpaired) electrons. The highest BCUT2D eigenvalue weighted by molar-refractivity contribution is 5.60. The summed E-state index contributed by atoms with van der Waals surface area (Å²) in [5.41, 5.74) is 2.63. The number of aliphatic hydroxyl groups is 1. The second kappa shape index (κ2) is 10.8. The van der Waals surface area contributed by atoms with Gasteiger partial charge in [-0.25, -0.2) is 4.98 Å². The van der Waals surface area contributed by atoms with Crippen LogP contribution in [-0.2, 0) is 0 Å². The Hall–Kier alpha value is -2.66. The van der Waals surface area contributed by atoms with Crippen LogP contribution in [0.3, 0.4) is 0 Å². The van der Waals surface area contributed by atoms with E-state index in [1.807, 2.05) is 36.4 Å². The highest BCUT2D eigenvalue weighted by Crippen LogP contribution is 2.20. The summed E-state index contributed by atoms with van der Waals surface area (Å²) in [5, 5.41) is 21.9. The Morgan fingerprint density at radius 2 is 1.76 bits per heavy atom. The van der Waals surface area contributed by atoms with Crippen molar-refractivity contribution in [2.45, 2.75) is 6.42 Å². The van der Waals surface area contributed by atoms with Crippen LogP contribution in [0, 0.1) is 11.3 Å². The molecular formula is C22H32N5O2+3. The maximum Gasteiger partial charge on any atom is 0.290 e. The molecule has 0 amide bonds. The smallest absolute Gasteiger partial charge is 0.290 e. The molecule has 29 heavy (non-hydrogen) atoms. The Kier molecular flexibility index (Phi) is 7.82. The summed E-state index contributed by atoms with van der Waals surface area (Å²) >= 11 is 0. The number of hydrogen-bond donors (Lipinski definition) is 4. The van der Waals surface area contributed by atoms with Crippen LogP contribution >= 0.6 is 0 Å². The van der Waals surface area contributed by atoms with Crippen molar-refractivity contribution < 1.29 is 24.6 Å². The predicted octanol–water partition coefficient (Wildman–Crippen LogP) is -1.37. The molecular weight excluding hydrogens is 366 g/mol. The number of hydrogen-bond acceptors (Lipinski definition) is 4. The highest BCUT2D eigenvalue weighted by Gasteiger charge is 2.22. The molecule has 1 aromatic heterocycles. The first-order valence-electron chi connectivity index (χ1n) is 10.4. The van der Waals surface area contributed by atoms with Crippen LogP contribution in [0.4, 0.5) is 5.82 Å². The zero-order chi connectivity index (χ0) is 20.5. The second-order valence-electron chi connectivity index (χ2n) is 7.50. The van der Waals surface area contributed by atoms with E-state index >= 15 is 0 Å². The minimum absolute atomic E-state index is 0.280. The average molecular weight is 399 g/mol. The number of aromatic nitrogens is 1. The second-order valence-corrected chi connectivity index (χ2v) is 7.50. The molecule has 154 valence electrons. The lowest BCUT2D eigenvalue weighted by atomic mass is 10.1. The van der Waals surface area contributed by atoms with Crippen molar-refractivity contribution in [3.8, 4) is 23.1 Å². The topological polar surface area (TPSA) is 88.3 Å². The third kappa shape index (κ3) is 5.91. The number of nitrogens with one attached hydrogen (secondary N) is 4. The number of methoxy groups -OCH3 is 1. The quantitative estimate of drug-likeness (QED) is 0.393. The molecule has 2 heterocycles. The fourth-order valence-corrected chi connectivity index (χ4v) is 3.83. The molecule has 2 aromatic rings. The molecule has 1 fully saturated rings. The standard InChI is InChI=1S/C22H29N5O2/c1-29-20-6-3-18(4-7-20)21-8-5-19(17-23)22(25-21)24-9-2-10-26-11-13-27(14-12-26)15-16-28/h3-8,28H,2,9-16H2,1H3,(H,24,25)/p+3. The number of pyridine rings is 1. The molecule has 1 saturated heterocycles. The van der Waals surface area contributed by atoms with Gasteiger partial charge in [-0.05, 0) is 36.4 Å². The maximum absolute atomic E-state index is 9.43. The van der Waals surface area contributed by atoms with Gasteiger partial charge in [0, 0.05) is 12.0 Å². The lowest BCUT2D eigenvalue weighted by Crippen LogP contribution is -3.28. The van der Waals surface area contributed by atoms with Gasteiger partial charge >= 0.3 is 0 Å². The molecule has 0 bridgehead atoms. The molecule has 0 atom stereocenters. The van der Waals surface area contributed by atoms with Gasteiger partial charge in [-0.1, -0.05) is 0 Å². The SMILES string of the molecule is COc1ccc(-c2ccc(C#N)c(NCCC[NH+]3CC[NH+](CCO)CC3)[nH+]2)cc1. The largest absolute Gasteiger partial charge is 0.497 e. The maximum atomic E-state index is 9.43. The van der Waals surface area contributed by atoms with Crippen LogP contribution in [0.5, 0.6) is 5.75 Å². The molecule has 1 aliphatic heterocycles. The number of aliphatic hydroxyl groups excluding tert-OH is 1. The number of rotatable bonds is 9. The van der Waals surface area contributed by atoms with Crippen LogP contribution in [0.25, 0.3) is 11.3 Å². The van der Waals surface area contributed by atoms with E-state index in [1.54, 1.807) is 12.0 Å². The minimum Gasteiger partial charge on any atom is -0.497 e. The number of nitriles is 1. The normalized spacial score (nSPS) is 18.8. The van der Waals surface area contributed by atoms with Gasteiger partial charge in [0.2, 0.25) is 0 Å². The van der Waals surface area contributed by atoms with E-state index in [9.17, 15) is 5.26 Å². The van der Waals surface area contributed by atoms with Crippen LogP contribution in [0.15, 0.2) is 36.4 Å². The summed E-state index contributed by atoms with van der Waals surface area (Å²) in [6, 6.07) is 13.9. The van der Waals surface area contributed by atoms with Gasteiger partial charge in [-0.2, -0.15) is 5.26 Å². The van der Waals surface area contributed by atoms with E-state index in [0.717, 1.165) is 75.1 Å². The van der Waals surface area contributed by atoms with Gasteiger partial charge in [0.15, 0.2) is 0 Å². The zero-order valence-corrected chi connectivity index (χ0v) is 17.1. The molecule has 7 nitrogen and oxygen atoms in total. The number of anilines is 1. The number of piperazine rings is 1. The first-order valence-corrected chi connectivity index (χ1v) is 10.4. The molecule has 0 saturated carbocycles. The van der Waals surface area contributed by atoms with E-state index in [4.69, 9.17) is 9.84 Å². The zero-order valence-electron chi connectivity index (χ0n) is 17.1. The number of aromatic amines is 1. The van der Waals surface area contributed by atoms with Crippen LogP contribution < -0.4 is 24.8 Å². The monoisotopic (exact) mass is 398 g/mol. The summed E-state index contributed by atoms with van der Waals surface area (Å²) in [4.78, 5) is 6.51. The van der Waals surface area contributed by atoms with Crippen LogP contribution in [-0.4, -0.2) is 64.6 Å². The minimum atomic E-state index is 0.280. The van der Waals surface area contributed by atoms with Gasteiger partial charge < -0.3 is 19.6 Å². The summed E-state index contributed by atoms with van der Waals surface area (Å²) in [6.07, 6.45) is 1.05. The van der Waals surface area contributed by atoms with Crippen molar-refractivity contribution in [3.05, 3.63) is 42.0 Å². The van der Waals surface area contributed by atoms with Gasteiger partial charge in [0.25, 0.3) is 5.82 Å². The highest BCUT2D eigenvalue weighted by atomic mass is 16.5. The Morgan fingerprint density at radius 1 is 1.07 bits per heavy atom. The third-order valence-electron chi connectivity index (χ3n) is 5.61. The molecule has 0 spiro atoms. The van der Waals surface area contributed by atoms with E-state index in [-0.39, 0.29) is 6.61 Å². The number of quaternary nitrogens is 2. The molecule has 3 rings (SSSR count). The van der Waals surface area contributed by atoms with Crippen molar-refractivity contribution >= 4 is 5.82 Å². The van der Waals surface area contributed by atoms with Crippen molar-refractivity contribution in [2.24, 2.45) is 0 Å². The summed E-state index contributed by atoms with van der Waals surface area (Å²) < 4.78 is 5.22.